The van der Waals surface area contributed by atoms with Gasteiger partial charge in [0.25, 0.3) is 0 Å². The summed E-state index contributed by atoms with van der Waals surface area (Å²) in [6, 6.07) is 0.449. The number of hydrogen-bond acceptors (Lipinski definition) is 2. The van der Waals surface area contributed by atoms with Crippen LogP contribution >= 0.6 is 12.4 Å². The van der Waals surface area contributed by atoms with Crippen LogP contribution in [0.25, 0.3) is 0 Å². The first-order chi connectivity index (χ1) is 7.29. The number of hydrogen-bond donors (Lipinski definition) is 2. The fourth-order valence-electron chi connectivity index (χ4n) is 4.50. The maximum atomic E-state index is 11.3. The number of carbonyl (C=O) groups excluding carboxylic acids is 1. The molecule has 1 amide bonds. The summed E-state index contributed by atoms with van der Waals surface area (Å²) >= 11 is 0. The highest BCUT2D eigenvalue weighted by atomic mass is 35.5. The number of carbonyl (C=O) groups is 1. The number of nitrogens with one attached hydrogen (secondary N) is 1. The second-order valence-electron chi connectivity index (χ2n) is 5.53. The van der Waals surface area contributed by atoms with E-state index in [9.17, 15) is 4.79 Å². The summed E-state index contributed by atoms with van der Waals surface area (Å²) in [5.74, 6) is 3.64. The second kappa shape index (κ2) is 4.53. The highest BCUT2D eigenvalue weighted by Crippen LogP contribution is 2.58. The monoisotopic (exact) mass is 244 g/mol. The van der Waals surface area contributed by atoms with E-state index in [4.69, 9.17) is 5.73 Å². The molecule has 0 radical (unpaired) electrons. The Morgan fingerprint density at radius 3 is 2.69 bits per heavy atom. The Balaban J connectivity index is 0.000000963. The molecule has 4 heteroatoms. The minimum absolute atomic E-state index is 0. The summed E-state index contributed by atoms with van der Waals surface area (Å²) in [6.45, 7) is 0.141. The molecule has 2 bridgehead atoms. The van der Waals surface area contributed by atoms with Crippen LogP contribution in [-0.2, 0) is 4.79 Å². The van der Waals surface area contributed by atoms with Crippen LogP contribution in [0.4, 0.5) is 0 Å². The lowest BCUT2D eigenvalue weighted by molar-refractivity contribution is -0.120. The van der Waals surface area contributed by atoms with Gasteiger partial charge in [-0.1, -0.05) is 6.42 Å². The van der Waals surface area contributed by atoms with Crippen molar-refractivity contribution in [1.29, 1.82) is 0 Å². The molecule has 0 aliphatic heterocycles. The van der Waals surface area contributed by atoms with Gasteiger partial charge in [-0.15, -0.1) is 12.4 Å². The smallest absolute Gasteiger partial charge is 0.233 e. The summed E-state index contributed by atoms with van der Waals surface area (Å²) in [5, 5.41) is 3.11. The summed E-state index contributed by atoms with van der Waals surface area (Å²) < 4.78 is 0. The molecule has 0 aromatic carbocycles. The Morgan fingerprint density at radius 1 is 1.19 bits per heavy atom. The van der Waals surface area contributed by atoms with E-state index in [1.165, 1.54) is 32.1 Å². The average molecular weight is 245 g/mol. The predicted octanol–water partition coefficient (Wildman–Crippen LogP) is 1.31. The van der Waals surface area contributed by atoms with Crippen LogP contribution < -0.4 is 11.1 Å². The van der Waals surface area contributed by atoms with Gasteiger partial charge in [-0.3, -0.25) is 4.79 Å². The minimum Gasteiger partial charge on any atom is -0.352 e. The standard InChI is InChI=1S/C12H20N2O.ClH/c13-6-12(15)14-11-5-7-4-10(11)9-3-1-2-8(7)9;/h7-11H,1-6,13H2,(H,14,15);1H. The molecule has 3 nitrogen and oxygen atoms in total. The van der Waals surface area contributed by atoms with Crippen LogP contribution in [0.1, 0.15) is 32.1 Å². The van der Waals surface area contributed by atoms with Gasteiger partial charge in [0, 0.05) is 6.04 Å². The first-order valence-corrected chi connectivity index (χ1v) is 6.29. The van der Waals surface area contributed by atoms with E-state index < -0.39 is 0 Å². The Hall–Kier alpha value is -0.280. The van der Waals surface area contributed by atoms with E-state index in [2.05, 4.69) is 5.32 Å². The average Bonchev–Trinajstić information content (AvgIpc) is 2.87. The molecule has 0 aromatic rings. The molecule has 3 rings (SSSR count). The molecule has 3 saturated carbocycles. The quantitative estimate of drug-likeness (QED) is 0.770. The lowest BCUT2D eigenvalue weighted by atomic mass is 9.79. The molecule has 16 heavy (non-hydrogen) atoms. The first kappa shape index (κ1) is 12.2. The number of fused-ring (bicyclic) bond motifs is 5. The SMILES string of the molecule is Cl.NCC(=O)NC1CC2CC1C1CCCC21. The predicted molar refractivity (Wildman–Crippen MR) is 65.3 cm³/mol. The Bertz CT molecular complexity index is 284. The number of nitrogens with two attached hydrogens (primary N) is 1. The van der Waals surface area contributed by atoms with E-state index in [0.29, 0.717) is 6.04 Å². The molecular formula is C12H21ClN2O. The Morgan fingerprint density at radius 2 is 1.94 bits per heavy atom. The maximum absolute atomic E-state index is 11.3. The molecule has 3 aliphatic rings. The first-order valence-electron chi connectivity index (χ1n) is 6.29. The minimum atomic E-state index is 0. The van der Waals surface area contributed by atoms with Crippen molar-refractivity contribution in [3.05, 3.63) is 0 Å². The molecule has 3 N–H and O–H groups in total. The molecule has 5 unspecified atom stereocenters. The summed E-state index contributed by atoms with van der Waals surface area (Å²) in [6.07, 6.45) is 6.85. The molecule has 0 spiro atoms. The van der Waals surface area contributed by atoms with Gasteiger partial charge in [-0.05, 0) is 49.4 Å². The van der Waals surface area contributed by atoms with Crippen molar-refractivity contribution in [2.24, 2.45) is 29.4 Å². The Kier molecular flexibility index (Phi) is 3.45. The van der Waals surface area contributed by atoms with Crippen molar-refractivity contribution < 1.29 is 4.79 Å². The van der Waals surface area contributed by atoms with E-state index in [-0.39, 0.29) is 24.9 Å². The molecule has 0 heterocycles. The van der Waals surface area contributed by atoms with Crippen molar-refractivity contribution >= 4 is 18.3 Å². The molecule has 5 atom stereocenters. The normalized spacial score (nSPS) is 43.9. The Labute approximate surface area is 103 Å². The zero-order valence-electron chi connectivity index (χ0n) is 9.52. The topological polar surface area (TPSA) is 55.1 Å². The lowest BCUT2D eigenvalue weighted by Crippen LogP contribution is -2.44. The molecule has 0 saturated heterocycles. The summed E-state index contributed by atoms with van der Waals surface area (Å²) in [7, 11) is 0. The van der Waals surface area contributed by atoms with Crippen molar-refractivity contribution in [3.63, 3.8) is 0 Å². The zero-order valence-corrected chi connectivity index (χ0v) is 10.3. The van der Waals surface area contributed by atoms with Gasteiger partial charge in [0.1, 0.15) is 0 Å². The molecular weight excluding hydrogens is 224 g/mol. The number of amides is 1. The summed E-state index contributed by atoms with van der Waals surface area (Å²) in [5.41, 5.74) is 5.34. The largest absolute Gasteiger partial charge is 0.352 e. The van der Waals surface area contributed by atoms with Crippen molar-refractivity contribution in [1.82, 2.24) is 5.32 Å². The third-order valence-corrected chi connectivity index (χ3v) is 4.96. The highest BCUT2D eigenvalue weighted by molar-refractivity contribution is 5.85. The van der Waals surface area contributed by atoms with Gasteiger partial charge in [0.05, 0.1) is 6.54 Å². The third kappa shape index (κ3) is 1.74. The van der Waals surface area contributed by atoms with Gasteiger partial charge >= 0.3 is 0 Å². The van der Waals surface area contributed by atoms with E-state index in [0.717, 1.165) is 23.7 Å². The summed E-state index contributed by atoms with van der Waals surface area (Å²) in [4.78, 5) is 11.3. The fourth-order valence-corrected chi connectivity index (χ4v) is 4.50. The van der Waals surface area contributed by atoms with Gasteiger partial charge in [-0.2, -0.15) is 0 Å². The van der Waals surface area contributed by atoms with Gasteiger partial charge in [0.2, 0.25) is 5.91 Å². The van der Waals surface area contributed by atoms with E-state index in [1.807, 2.05) is 0 Å². The number of halogens is 1. The van der Waals surface area contributed by atoms with Crippen molar-refractivity contribution in [2.75, 3.05) is 6.54 Å². The van der Waals surface area contributed by atoms with Crippen molar-refractivity contribution in [3.8, 4) is 0 Å². The maximum Gasteiger partial charge on any atom is 0.233 e. The van der Waals surface area contributed by atoms with E-state index in [1.54, 1.807) is 0 Å². The second-order valence-corrected chi connectivity index (χ2v) is 5.53. The van der Waals surface area contributed by atoms with E-state index >= 15 is 0 Å². The molecule has 3 aliphatic carbocycles. The fraction of sp³-hybridized carbons (Fsp3) is 0.917. The van der Waals surface area contributed by atoms with Gasteiger partial charge < -0.3 is 11.1 Å². The lowest BCUT2D eigenvalue weighted by Gasteiger charge is -2.31. The van der Waals surface area contributed by atoms with Crippen LogP contribution in [0.3, 0.4) is 0 Å². The number of rotatable bonds is 2. The van der Waals surface area contributed by atoms with Gasteiger partial charge in [-0.25, -0.2) is 0 Å². The van der Waals surface area contributed by atoms with Crippen LogP contribution in [0, 0.1) is 23.7 Å². The third-order valence-electron chi connectivity index (χ3n) is 4.96. The van der Waals surface area contributed by atoms with Crippen LogP contribution in [0.5, 0.6) is 0 Å². The molecule has 3 fully saturated rings. The van der Waals surface area contributed by atoms with Crippen LogP contribution in [0.15, 0.2) is 0 Å². The highest BCUT2D eigenvalue weighted by Gasteiger charge is 2.53. The zero-order chi connectivity index (χ0) is 10.4. The van der Waals surface area contributed by atoms with Gasteiger partial charge in [0.15, 0.2) is 0 Å². The van der Waals surface area contributed by atoms with Crippen LogP contribution in [0.2, 0.25) is 0 Å². The van der Waals surface area contributed by atoms with Crippen molar-refractivity contribution in [2.45, 2.75) is 38.1 Å². The molecule has 92 valence electrons. The molecule has 0 aromatic heterocycles. The van der Waals surface area contributed by atoms with Crippen LogP contribution in [-0.4, -0.2) is 18.5 Å².